The Morgan fingerprint density at radius 1 is 1.48 bits per heavy atom. The van der Waals surface area contributed by atoms with Crippen LogP contribution in [0.1, 0.15) is 11.4 Å². The first kappa shape index (κ1) is 15.0. The number of aromatic nitrogens is 2. The second-order valence-electron chi connectivity index (χ2n) is 5.49. The molecule has 1 fully saturated rings. The standard InChI is InChI=1S/C15H15N5O3/c1-18-6-5-17-14(18)15(23-2)9-19(10-15)12-4-3-11(8-16)7-13(12)20(21)22/h3-7H,9-10H2,1-2H3. The quantitative estimate of drug-likeness (QED) is 0.627. The minimum Gasteiger partial charge on any atom is -0.367 e. The van der Waals surface area contributed by atoms with Gasteiger partial charge in [-0.1, -0.05) is 0 Å². The average Bonchev–Trinajstić information content (AvgIpc) is 2.93. The number of methoxy groups -OCH3 is 1. The van der Waals surface area contributed by atoms with Crippen molar-refractivity contribution < 1.29 is 9.66 Å². The fourth-order valence-corrected chi connectivity index (χ4v) is 2.91. The molecule has 1 aromatic heterocycles. The molecular weight excluding hydrogens is 298 g/mol. The van der Waals surface area contributed by atoms with E-state index in [1.165, 1.54) is 6.07 Å². The molecule has 2 heterocycles. The molecule has 0 bridgehead atoms. The molecular formula is C15H15N5O3. The molecule has 0 saturated carbocycles. The van der Waals surface area contributed by atoms with Crippen molar-refractivity contribution in [2.45, 2.75) is 5.60 Å². The first-order valence-corrected chi connectivity index (χ1v) is 6.97. The van der Waals surface area contributed by atoms with E-state index in [1.807, 2.05) is 28.8 Å². The van der Waals surface area contributed by atoms with Crippen molar-refractivity contribution in [3.63, 3.8) is 0 Å². The third kappa shape index (κ3) is 2.31. The van der Waals surface area contributed by atoms with Crippen LogP contribution >= 0.6 is 0 Å². The Morgan fingerprint density at radius 3 is 2.74 bits per heavy atom. The Bertz CT molecular complexity index is 802. The Balaban J connectivity index is 1.91. The van der Waals surface area contributed by atoms with Gasteiger partial charge in [-0.05, 0) is 12.1 Å². The molecule has 3 rings (SSSR count). The van der Waals surface area contributed by atoms with Crippen LogP contribution in [-0.4, -0.2) is 34.7 Å². The van der Waals surface area contributed by atoms with Gasteiger partial charge >= 0.3 is 0 Å². The molecule has 0 spiro atoms. The number of nitriles is 1. The predicted octanol–water partition coefficient (Wildman–Crippen LogP) is 1.56. The fraction of sp³-hybridized carbons (Fsp3) is 0.333. The van der Waals surface area contributed by atoms with Gasteiger partial charge < -0.3 is 14.2 Å². The van der Waals surface area contributed by atoms with E-state index in [1.54, 1.807) is 25.4 Å². The predicted molar refractivity (Wildman–Crippen MR) is 81.9 cm³/mol. The van der Waals surface area contributed by atoms with Crippen LogP contribution in [0.25, 0.3) is 0 Å². The minimum atomic E-state index is -0.583. The molecule has 2 aromatic rings. The summed E-state index contributed by atoms with van der Waals surface area (Å²) < 4.78 is 7.53. The zero-order valence-electron chi connectivity index (χ0n) is 12.8. The van der Waals surface area contributed by atoms with Gasteiger partial charge in [0.05, 0.1) is 29.6 Å². The molecule has 0 atom stereocenters. The van der Waals surface area contributed by atoms with E-state index >= 15 is 0 Å². The van der Waals surface area contributed by atoms with Gasteiger partial charge in [-0.2, -0.15) is 5.26 Å². The lowest BCUT2D eigenvalue weighted by Crippen LogP contribution is -2.61. The zero-order valence-corrected chi connectivity index (χ0v) is 12.8. The Morgan fingerprint density at radius 2 is 2.22 bits per heavy atom. The van der Waals surface area contributed by atoms with Gasteiger partial charge in [0.2, 0.25) is 0 Å². The summed E-state index contributed by atoms with van der Waals surface area (Å²) in [4.78, 5) is 17.0. The molecule has 0 radical (unpaired) electrons. The van der Waals surface area contributed by atoms with E-state index in [4.69, 9.17) is 10.00 Å². The third-order valence-corrected chi connectivity index (χ3v) is 4.15. The number of rotatable bonds is 4. The van der Waals surface area contributed by atoms with Crippen molar-refractivity contribution in [1.29, 1.82) is 5.26 Å². The lowest BCUT2D eigenvalue weighted by atomic mass is 9.91. The number of nitro groups is 1. The highest BCUT2D eigenvalue weighted by molar-refractivity contribution is 5.67. The fourth-order valence-electron chi connectivity index (χ4n) is 2.91. The van der Waals surface area contributed by atoms with Crippen LogP contribution in [0.15, 0.2) is 30.6 Å². The van der Waals surface area contributed by atoms with Gasteiger partial charge in [0.15, 0.2) is 5.60 Å². The van der Waals surface area contributed by atoms with Crippen LogP contribution in [0, 0.1) is 21.4 Å². The van der Waals surface area contributed by atoms with Crippen molar-refractivity contribution in [2.75, 3.05) is 25.1 Å². The van der Waals surface area contributed by atoms with Crippen molar-refractivity contribution >= 4 is 11.4 Å². The molecule has 0 aliphatic carbocycles. The molecule has 1 aliphatic rings. The van der Waals surface area contributed by atoms with Gasteiger partial charge in [0.1, 0.15) is 11.5 Å². The second kappa shape index (κ2) is 5.37. The number of ether oxygens (including phenoxy) is 1. The third-order valence-electron chi connectivity index (χ3n) is 4.15. The molecule has 1 saturated heterocycles. The van der Waals surface area contributed by atoms with Gasteiger partial charge in [0.25, 0.3) is 5.69 Å². The number of anilines is 1. The number of imidazole rings is 1. The normalized spacial score (nSPS) is 15.8. The first-order chi connectivity index (χ1) is 11.0. The van der Waals surface area contributed by atoms with Crippen LogP contribution in [0.4, 0.5) is 11.4 Å². The second-order valence-corrected chi connectivity index (χ2v) is 5.49. The molecule has 0 unspecified atom stereocenters. The summed E-state index contributed by atoms with van der Waals surface area (Å²) in [6.45, 7) is 0.919. The highest BCUT2D eigenvalue weighted by atomic mass is 16.6. The van der Waals surface area contributed by atoms with Gasteiger partial charge in [0, 0.05) is 32.6 Å². The number of aryl methyl sites for hydroxylation is 1. The van der Waals surface area contributed by atoms with E-state index < -0.39 is 10.5 Å². The molecule has 1 aliphatic heterocycles. The summed E-state index contributed by atoms with van der Waals surface area (Å²) in [6.07, 6.45) is 3.53. The van der Waals surface area contributed by atoms with Gasteiger partial charge in [-0.3, -0.25) is 10.1 Å². The van der Waals surface area contributed by atoms with E-state index in [-0.39, 0.29) is 11.3 Å². The van der Waals surface area contributed by atoms with Crippen molar-refractivity contribution in [1.82, 2.24) is 9.55 Å². The highest BCUT2D eigenvalue weighted by Gasteiger charge is 2.49. The van der Waals surface area contributed by atoms with Crippen LogP contribution < -0.4 is 4.90 Å². The number of hydrogen-bond acceptors (Lipinski definition) is 6. The van der Waals surface area contributed by atoms with E-state index in [2.05, 4.69) is 4.98 Å². The Labute approximate surface area is 132 Å². The lowest BCUT2D eigenvalue weighted by molar-refractivity contribution is -0.384. The van der Waals surface area contributed by atoms with Gasteiger partial charge in [-0.15, -0.1) is 0 Å². The molecule has 0 amide bonds. The molecule has 8 heteroatoms. The van der Waals surface area contributed by atoms with Crippen molar-refractivity contribution in [3.8, 4) is 6.07 Å². The van der Waals surface area contributed by atoms with Crippen LogP contribution in [-0.2, 0) is 17.4 Å². The topological polar surface area (TPSA) is 97.2 Å². The summed E-state index contributed by atoms with van der Waals surface area (Å²) in [5, 5.41) is 20.2. The van der Waals surface area contributed by atoms with Crippen LogP contribution in [0.2, 0.25) is 0 Å². The number of benzene rings is 1. The zero-order chi connectivity index (χ0) is 16.6. The maximum Gasteiger partial charge on any atom is 0.293 e. The number of nitro benzene ring substituents is 1. The Kier molecular flexibility index (Phi) is 3.50. The smallest absolute Gasteiger partial charge is 0.293 e. The summed E-state index contributed by atoms with van der Waals surface area (Å²) >= 11 is 0. The van der Waals surface area contributed by atoms with E-state index in [0.717, 1.165) is 5.82 Å². The lowest BCUT2D eigenvalue weighted by Gasteiger charge is -2.49. The van der Waals surface area contributed by atoms with Crippen molar-refractivity contribution in [2.24, 2.45) is 7.05 Å². The van der Waals surface area contributed by atoms with Crippen LogP contribution in [0.5, 0.6) is 0 Å². The van der Waals surface area contributed by atoms with Crippen molar-refractivity contribution in [3.05, 3.63) is 52.1 Å². The monoisotopic (exact) mass is 313 g/mol. The highest BCUT2D eigenvalue weighted by Crippen LogP contribution is 2.41. The summed E-state index contributed by atoms with van der Waals surface area (Å²) in [7, 11) is 3.50. The van der Waals surface area contributed by atoms with Gasteiger partial charge in [-0.25, -0.2) is 4.98 Å². The number of hydrogen-bond donors (Lipinski definition) is 0. The SMILES string of the molecule is COC1(c2nccn2C)CN(c2ccc(C#N)cc2[N+](=O)[O-])C1. The molecule has 23 heavy (non-hydrogen) atoms. The van der Waals surface area contributed by atoms with E-state index in [0.29, 0.717) is 18.8 Å². The maximum absolute atomic E-state index is 11.3. The summed E-state index contributed by atoms with van der Waals surface area (Å²) in [5.41, 5.74) is 0.0903. The average molecular weight is 313 g/mol. The molecule has 0 N–H and O–H groups in total. The summed E-state index contributed by atoms with van der Waals surface area (Å²) in [6, 6.07) is 6.40. The number of nitrogens with zero attached hydrogens (tertiary/aromatic N) is 5. The summed E-state index contributed by atoms with van der Waals surface area (Å²) in [5.74, 6) is 0.785. The largest absolute Gasteiger partial charge is 0.367 e. The molecule has 8 nitrogen and oxygen atoms in total. The van der Waals surface area contributed by atoms with Crippen LogP contribution in [0.3, 0.4) is 0 Å². The first-order valence-electron chi connectivity index (χ1n) is 6.97. The maximum atomic E-state index is 11.3. The minimum absolute atomic E-state index is 0.0754. The molecule has 1 aromatic carbocycles. The Hall–Kier alpha value is -2.92. The molecule has 118 valence electrons. The van der Waals surface area contributed by atoms with E-state index in [9.17, 15) is 10.1 Å².